The number of hydrogen-bond donors (Lipinski definition) is 1. The van der Waals surface area contributed by atoms with E-state index < -0.39 is 0 Å². The highest BCUT2D eigenvalue weighted by atomic mass is 16.2. The number of imidazole rings is 1. The summed E-state index contributed by atoms with van der Waals surface area (Å²) in [6.45, 7) is 2.28. The maximum atomic E-state index is 12.3. The largest absolute Gasteiger partial charge is 0.368 e. The third kappa shape index (κ3) is 4.60. The number of nitrogens with two attached hydrogens (primary N) is 1. The summed E-state index contributed by atoms with van der Waals surface area (Å²) in [7, 11) is 0. The third-order valence-corrected chi connectivity index (χ3v) is 5.12. The number of carbonyl (C=O) groups is 2. The molecule has 0 aliphatic carbocycles. The topological polar surface area (TPSA) is 93.6 Å². The molecule has 0 bridgehead atoms. The van der Waals surface area contributed by atoms with E-state index in [1.54, 1.807) is 36.7 Å². The van der Waals surface area contributed by atoms with Gasteiger partial charge in [-0.3, -0.25) is 14.5 Å². The van der Waals surface area contributed by atoms with E-state index in [0.29, 0.717) is 30.0 Å². The van der Waals surface area contributed by atoms with Crippen molar-refractivity contribution in [2.24, 2.45) is 5.10 Å². The van der Waals surface area contributed by atoms with Gasteiger partial charge < -0.3 is 5.73 Å². The van der Waals surface area contributed by atoms with Gasteiger partial charge in [-0.15, -0.1) is 0 Å². The van der Waals surface area contributed by atoms with Crippen LogP contribution in [0.5, 0.6) is 0 Å². The minimum atomic E-state index is -0.203. The van der Waals surface area contributed by atoms with E-state index in [1.807, 2.05) is 31.2 Å². The third-order valence-electron chi connectivity index (χ3n) is 5.12. The molecule has 2 aromatic carbocycles. The monoisotopic (exact) mass is 425 g/mol. The molecule has 0 radical (unpaired) electrons. The molecular weight excluding hydrogens is 402 g/mol. The van der Waals surface area contributed by atoms with E-state index in [2.05, 4.69) is 21.9 Å². The molecule has 0 saturated carbocycles. The number of unbranched alkanes of at least 4 members (excludes halogenated alkanes) is 2. The standard InChI is InChI=1S/C25H23N5O2/c1-18-17-30(25(26)28-18)27-16-20-13-11-19(12-14-20)8-4-2-3-7-15-29-23(31)21-9-5-6-10-22(21)24(29)32/h5-6,9-14,16-17H,2-3,7,15H2,1H3,(H2,26,28). The van der Waals surface area contributed by atoms with Crippen LogP contribution in [0.15, 0.2) is 59.8 Å². The Hall–Kier alpha value is -4.18. The Labute approximate surface area is 186 Å². The number of fused-ring (bicyclic) bond motifs is 1. The van der Waals surface area contributed by atoms with E-state index in [-0.39, 0.29) is 11.8 Å². The summed E-state index contributed by atoms with van der Waals surface area (Å²) in [5.41, 5.74) is 9.43. The molecule has 2 N–H and O–H groups in total. The number of hydrogen-bond acceptors (Lipinski definition) is 5. The summed E-state index contributed by atoms with van der Waals surface area (Å²) in [4.78, 5) is 30.1. The van der Waals surface area contributed by atoms with Crippen molar-refractivity contribution in [3.8, 4) is 11.8 Å². The van der Waals surface area contributed by atoms with Crippen LogP contribution >= 0.6 is 0 Å². The molecule has 0 spiro atoms. The average Bonchev–Trinajstić information content (AvgIpc) is 3.25. The van der Waals surface area contributed by atoms with Crippen molar-refractivity contribution in [2.45, 2.75) is 26.2 Å². The molecule has 1 aromatic heterocycles. The molecule has 0 unspecified atom stereocenters. The normalized spacial score (nSPS) is 12.8. The molecule has 0 saturated heterocycles. The molecule has 4 rings (SSSR count). The smallest absolute Gasteiger partial charge is 0.261 e. The lowest BCUT2D eigenvalue weighted by molar-refractivity contribution is 0.0652. The Morgan fingerprint density at radius 3 is 2.34 bits per heavy atom. The van der Waals surface area contributed by atoms with Crippen molar-refractivity contribution in [3.05, 3.63) is 82.7 Å². The molecular formula is C25H23N5O2. The van der Waals surface area contributed by atoms with Crippen LogP contribution in [0.3, 0.4) is 0 Å². The molecule has 0 atom stereocenters. The Balaban J connectivity index is 1.23. The van der Waals surface area contributed by atoms with Gasteiger partial charge in [-0.2, -0.15) is 5.10 Å². The number of carbonyl (C=O) groups excluding carboxylic acids is 2. The quantitative estimate of drug-likeness (QED) is 0.283. The zero-order valence-corrected chi connectivity index (χ0v) is 17.8. The molecule has 3 aromatic rings. The first kappa shape index (κ1) is 21.1. The molecule has 2 amide bonds. The lowest BCUT2D eigenvalue weighted by Gasteiger charge is -2.12. The fourth-order valence-electron chi connectivity index (χ4n) is 3.47. The van der Waals surface area contributed by atoms with Crippen molar-refractivity contribution in [3.63, 3.8) is 0 Å². The van der Waals surface area contributed by atoms with Crippen LogP contribution in [0.25, 0.3) is 0 Å². The Morgan fingerprint density at radius 1 is 1.03 bits per heavy atom. The number of anilines is 1. The summed E-state index contributed by atoms with van der Waals surface area (Å²) in [6.07, 6.45) is 5.73. The number of benzene rings is 2. The molecule has 0 fully saturated rings. The van der Waals surface area contributed by atoms with E-state index in [4.69, 9.17) is 5.73 Å². The summed E-state index contributed by atoms with van der Waals surface area (Å²) in [5.74, 6) is 6.24. The van der Waals surface area contributed by atoms with Crippen molar-refractivity contribution in [2.75, 3.05) is 12.3 Å². The van der Waals surface area contributed by atoms with Gasteiger partial charge in [0.25, 0.3) is 11.8 Å². The van der Waals surface area contributed by atoms with Crippen LogP contribution in [-0.4, -0.2) is 39.1 Å². The number of nitrogen functional groups attached to an aromatic ring is 1. The predicted molar refractivity (Wildman–Crippen MR) is 123 cm³/mol. The second kappa shape index (κ2) is 9.31. The molecule has 1 aliphatic rings. The SMILES string of the molecule is Cc1cn(N=Cc2ccc(C#CCCCCN3C(=O)c4ccccc4C3=O)cc2)c(N)n1. The van der Waals surface area contributed by atoms with Gasteiger partial charge >= 0.3 is 0 Å². The molecule has 7 heteroatoms. The lowest BCUT2D eigenvalue weighted by atomic mass is 10.1. The van der Waals surface area contributed by atoms with Crippen LogP contribution in [-0.2, 0) is 0 Å². The van der Waals surface area contributed by atoms with Gasteiger partial charge in [0, 0.05) is 18.5 Å². The van der Waals surface area contributed by atoms with Gasteiger partial charge in [0.1, 0.15) is 0 Å². The fraction of sp³-hybridized carbons (Fsp3) is 0.200. The first-order chi connectivity index (χ1) is 15.5. The van der Waals surface area contributed by atoms with Gasteiger partial charge in [-0.1, -0.05) is 36.1 Å². The highest BCUT2D eigenvalue weighted by molar-refractivity contribution is 6.21. The molecule has 1 aliphatic heterocycles. The average molecular weight is 425 g/mol. The van der Waals surface area contributed by atoms with Crippen molar-refractivity contribution >= 4 is 24.0 Å². The van der Waals surface area contributed by atoms with Gasteiger partial charge in [0.2, 0.25) is 5.95 Å². The minimum absolute atomic E-state index is 0.203. The number of nitrogens with zero attached hydrogens (tertiary/aromatic N) is 4. The van der Waals surface area contributed by atoms with E-state index in [9.17, 15) is 9.59 Å². The number of amides is 2. The first-order valence-corrected chi connectivity index (χ1v) is 10.4. The fourth-order valence-corrected chi connectivity index (χ4v) is 3.47. The zero-order valence-electron chi connectivity index (χ0n) is 17.8. The first-order valence-electron chi connectivity index (χ1n) is 10.4. The predicted octanol–water partition coefficient (Wildman–Crippen LogP) is 3.47. The minimum Gasteiger partial charge on any atom is -0.368 e. The van der Waals surface area contributed by atoms with E-state index in [0.717, 1.165) is 29.7 Å². The van der Waals surface area contributed by atoms with Gasteiger partial charge in [-0.25, -0.2) is 9.66 Å². The number of aryl methyl sites for hydroxylation is 1. The molecule has 160 valence electrons. The Kier molecular flexibility index (Phi) is 6.13. The van der Waals surface area contributed by atoms with Gasteiger partial charge in [0.15, 0.2) is 0 Å². The van der Waals surface area contributed by atoms with Crippen molar-refractivity contribution in [1.82, 2.24) is 14.6 Å². The van der Waals surface area contributed by atoms with Crippen LogP contribution in [0.4, 0.5) is 5.95 Å². The zero-order chi connectivity index (χ0) is 22.5. The summed E-state index contributed by atoms with van der Waals surface area (Å²) < 4.78 is 1.53. The van der Waals surface area contributed by atoms with Crippen molar-refractivity contribution < 1.29 is 9.59 Å². The molecule has 32 heavy (non-hydrogen) atoms. The summed E-state index contributed by atoms with van der Waals surface area (Å²) in [6, 6.07) is 14.7. The lowest BCUT2D eigenvalue weighted by Crippen LogP contribution is -2.30. The highest BCUT2D eigenvalue weighted by Crippen LogP contribution is 2.22. The van der Waals surface area contributed by atoms with Crippen LogP contribution < -0.4 is 5.73 Å². The molecule has 2 heterocycles. The van der Waals surface area contributed by atoms with E-state index >= 15 is 0 Å². The maximum absolute atomic E-state index is 12.3. The van der Waals surface area contributed by atoms with Gasteiger partial charge in [-0.05, 0) is 49.6 Å². The number of imide groups is 1. The van der Waals surface area contributed by atoms with Crippen LogP contribution in [0, 0.1) is 18.8 Å². The maximum Gasteiger partial charge on any atom is 0.261 e. The highest BCUT2D eigenvalue weighted by Gasteiger charge is 2.34. The summed E-state index contributed by atoms with van der Waals surface area (Å²) in [5, 5.41) is 4.30. The second-order valence-electron chi connectivity index (χ2n) is 7.52. The van der Waals surface area contributed by atoms with Crippen molar-refractivity contribution in [1.29, 1.82) is 0 Å². The molecule has 7 nitrogen and oxygen atoms in total. The Bertz CT molecular complexity index is 1210. The van der Waals surface area contributed by atoms with Crippen LogP contribution in [0.1, 0.15) is 56.8 Å². The van der Waals surface area contributed by atoms with Gasteiger partial charge in [0.05, 0.1) is 29.2 Å². The summed E-state index contributed by atoms with van der Waals surface area (Å²) >= 11 is 0. The van der Waals surface area contributed by atoms with Crippen LogP contribution in [0.2, 0.25) is 0 Å². The number of rotatable bonds is 6. The Morgan fingerprint density at radius 2 is 1.72 bits per heavy atom. The number of aromatic nitrogens is 2. The van der Waals surface area contributed by atoms with E-state index in [1.165, 1.54) is 9.58 Å². The second-order valence-corrected chi connectivity index (χ2v) is 7.52.